The molecule has 3 atom stereocenters. The molecule has 1 amide bonds. The van der Waals surface area contributed by atoms with Crippen LogP contribution in [-0.2, 0) is 11.2 Å². The number of thioether (sulfide) groups is 1. The van der Waals surface area contributed by atoms with Crippen molar-refractivity contribution < 1.29 is 13.9 Å². The molecule has 0 aromatic carbocycles. The molecule has 2 N–H and O–H groups in total. The number of hydrogen-bond donors (Lipinski definition) is 2. The molecule has 0 saturated carbocycles. The van der Waals surface area contributed by atoms with Crippen LogP contribution < -0.4 is 10.7 Å². The van der Waals surface area contributed by atoms with Crippen molar-refractivity contribution in [2.24, 2.45) is 5.92 Å². The number of nitrogens with one attached hydrogen (secondary N) is 2. The van der Waals surface area contributed by atoms with Crippen molar-refractivity contribution in [3.8, 4) is 0 Å². The van der Waals surface area contributed by atoms with E-state index in [9.17, 15) is 4.79 Å². The van der Waals surface area contributed by atoms with Gasteiger partial charge in [-0.15, -0.1) is 11.8 Å². The predicted octanol–water partition coefficient (Wildman–Crippen LogP) is 5.78. The number of amides is 1. The van der Waals surface area contributed by atoms with Crippen LogP contribution in [-0.4, -0.2) is 57.1 Å². The molecule has 2 unspecified atom stereocenters. The summed E-state index contributed by atoms with van der Waals surface area (Å²) in [4.78, 5) is 19.6. The standard InChI is InChI=1S/C26H42FN5O2S/c1-16-12-18(10-11-31(16)24(33)34-26(6,7)8)14-19-23(27)20(35-9)15-21(28-19)29-22-13-17(2)32(30-22)25(3,4)5/h13,15-16,18,22,30H,10-12,14H2,1-9H3,(H,28,29)/t16-,18?,22?/m1/s1. The first kappa shape index (κ1) is 27.6. The number of rotatable bonds is 5. The molecule has 2 aliphatic heterocycles. The number of aromatic nitrogens is 1. The molecule has 3 rings (SSSR count). The van der Waals surface area contributed by atoms with Crippen molar-refractivity contribution in [3.63, 3.8) is 0 Å². The average Bonchev–Trinajstić information content (AvgIpc) is 3.09. The lowest BCUT2D eigenvalue weighted by Gasteiger charge is -2.38. The van der Waals surface area contributed by atoms with Gasteiger partial charge in [-0.1, -0.05) is 0 Å². The Balaban J connectivity index is 1.70. The molecule has 1 fully saturated rings. The Labute approximate surface area is 214 Å². The Hall–Kier alpha value is -2.00. The lowest BCUT2D eigenvalue weighted by atomic mass is 9.88. The molecule has 1 saturated heterocycles. The highest BCUT2D eigenvalue weighted by Crippen LogP contribution is 2.31. The lowest BCUT2D eigenvalue weighted by Crippen LogP contribution is -2.50. The molecule has 0 aliphatic carbocycles. The van der Waals surface area contributed by atoms with Gasteiger partial charge in [0, 0.05) is 28.7 Å². The number of likely N-dealkylation sites (tertiary alicyclic amines) is 1. The maximum Gasteiger partial charge on any atom is 0.410 e. The van der Waals surface area contributed by atoms with Crippen LogP contribution in [0.3, 0.4) is 0 Å². The molecule has 2 aliphatic rings. The highest BCUT2D eigenvalue weighted by atomic mass is 32.2. The van der Waals surface area contributed by atoms with Crippen molar-refractivity contribution in [2.45, 2.75) is 103 Å². The molecule has 7 nitrogen and oxygen atoms in total. The minimum atomic E-state index is -0.520. The van der Waals surface area contributed by atoms with Crippen LogP contribution in [0.25, 0.3) is 0 Å². The molecule has 1 aromatic heterocycles. The Morgan fingerprint density at radius 3 is 2.54 bits per heavy atom. The Morgan fingerprint density at radius 1 is 1.31 bits per heavy atom. The minimum absolute atomic E-state index is 0.0344. The summed E-state index contributed by atoms with van der Waals surface area (Å²) in [6.45, 7) is 16.8. The van der Waals surface area contributed by atoms with E-state index in [0.29, 0.717) is 29.4 Å². The van der Waals surface area contributed by atoms with E-state index in [-0.39, 0.29) is 35.6 Å². The first-order valence-electron chi connectivity index (χ1n) is 12.4. The highest BCUT2D eigenvalue weighted by molar-refractivity contribution is 7.98. The summed E-state index contributed by atoms with van der Waals surface area (Å²) >= 11 is 1.39. The Bertz CT molecular complexity index is 956. The molecule has 3 heterocycles. The number of carbonyl (C=O) groups excluding carboxylic acids is 1. The number of pyridine rings is 1. The van der Waals surface area contributed by atoms with Crippen LogP contribution in [0.5, 0.6) is 0 Å². The number of allylic oxidation sites excluding steroid dienone is 1. The fourth-order valence-electron chi connectivity index (χ4n) is 4.78. The molecule has 0 bridgehead atoms. The third-order valence-corrected chi connectivity index (χ3v) is 7.05. The van der Waals surface area contributed by atoms with Gasteiger partial charge in [0.15, 0.2) is 5.82 Å². The first-order chi connectivity index (χ1) is 16.2. The van der Waals surface area contributed by atoms with Gasteiger partial charge in [0.05, 0.1) is 5.69 Å². The topological polar surface area (TPSA) is 69.7 Å². The van der Waals surface area contributed by atoms with Crippen molar-refractivity contribution >= 4 is 23.7 Å². The number of hydrazine groups is 1. The van der Waals surface area contributed by atoms with Crippen LogP contribution in [0.1, 0.15) is 73.9 Å². The molecule has 196 valence electrons. The van der Waals surface area contributed by atoms with Gasteiger partial charge in [-0.2, -0.15) is 0 Å². The van der Waals surface area contributed by atoms with E-state index in [1.54, 1.807) is 11.0 Å². The quantitative estimate of drug-likeness (QED) is 0.490. The molecular formula is C26H42FN5O2S. The third-order valence-electron chi connectivity index (χ3n) is 6.31. The van der Waals surface area contributed by atoms with Gasteiger partial charge in [-0.3, -0.25) is 0 Å². The summed E-state index contributed by atoms with van der Waals surface area (Å²) in [5.74, 6) is 0.661. The van der Waals surface area contributed by atoms with Gasteiger partial charge in [-0.25, -0.2) is 19.6 Å². The van der Waals surface area contributed by atoms with E-state index >= 15 is 4.39 Å². The fourth-order valence-corrected chi connectivity index (χ4v) is 5.31. The maximum absolute atomic E-state index is 15.3. The summed E-state index contributed by atoms with van der Waals surface area (Å²) in [7, 11) is 0. The molecule has 0 radical (unpaired) electrons. The summed E-state index contributed by atoms with van der Waals surface area (Å²) in [6, 6.07) is 1.81. The van der Waals surface area contributed by atoms with Crippen LogP contribution in [0.15, 0.2) is 22.7 Å². The zero-order chi connectivity index (χ0) is 26.1. The van der Waals surface area contributed by atoms with Crippen molar-refractivity contribution in [2.75, 3.05) is 18.1 Å². The predicted molar refractivity (Wildman–Crippen MR) is 141 cm³/mol. The lowest BCUT2D eigenvalue weighted by molar-refractivity contribution is 0.00709. The SMILES string of the molecule is CSc1cc(NC2C=C(C)N(C(C)(C)C)N2)nc(CC2CCN(C(=O)OC(C)(C)C)[C@H](C)C2)c1F. The zero-order valence-electron chi connectivity index (χ0n) is 22.7. The van der Waals surface area contributed by atoms with Crippen LogP contribution >= 0.6 is 11.8 Å². The second-order valence-corrected chi connectivity index (χ2v) is 12.5. The number of carbonyl (C=O) groups is 1. The van der Waals surface area contributed by atoms with Gasteiger partial charge in [-0.05, 0) is 99.0 Å². The van der Waals surface area contributed by atoms with E-state index in [1.165, 1.54) is 11.8 Å². The van der Waals surface area contributed by atoms with Crippen molar-refractivity contribution in [1.82, 2.24) is 20.3 Å². The van der Waals surface area contributed by atoms with Gasteiger partial charge < -0.3 is 20.0 Å². The van der Waals surface area contributed by atoms with E-state index in [1.807, 2.05) is 34.0 Å². The van der Waals surface area contributed by atoms with Crippen molar-refractivity contribution in [3.05, 3.63) is 29.4 Å². The van der Waals surface area contributed by atoms with Gasteiger partial charge in [0.1, 0.15) is 17.6 Å². The number of anilines is 1. The second-order valence-electron chi connectivity index (χ2n) is 11.7. The number of piperidine rings is 1. The number of hydrogen-bond acceptors (Lipinski definition) is 7. The number of halogens is 1. The largest absolute Gasteiger partial charge is 0.444 e. The fraction of sp³-hybridized carbons (Fsp3) is 0.692. The monoisotopic (exact) mass is 507 g/mol. The summed E-state index contributed by atoms with van der Waals surface area (Å²) in [5.41, 5.74) is 4.49. The Morgan fingerprint density at radius 2 is 2.00 bits per heavy atom. The van der Waals surface area contributed by atoms with Gasteiger partial charge >= 0.3 is 6.09 Å². The normalized spacial score (nSPS) is 23.4. The van der Waals surface area contributed by atoms with E-state index in [2.05, 4.69) is 54.5 Å². The molecule has 9 heteroatoms. The molecule has 0 spiro atoms. The van der Waals surface area contributed by atoms with E-state index in [0.717, 1.165) is 18.5 Å². The maximum atomic E-state index is 15.3. The first-order valence-corrected chi connectivity index (χ1v) is 13.6. The van der Waals surface area contributed by atoms with Gasteiger partial charge in [0.25, 0.3) is 0 Å². The molecule has 35 heavy (non-hydrogen) atoms. The van der Waals surface area contributed by atoms with Gasteiger partial charge in [0.2, 0.25) is 0 Å². The Kier molecular flexibility index (Phi) is 8.31. The van der Waals surface area contributed by atoms with Crippen molar-refractivity contribution in [1.29, 1.82) is 0 Å². The molecule has 1 aromatic rings. The minimum Gasteiger partial charge on any atom is -0.444 e. The summed E-state index contributed by atoms with van der Waals surface area (Å²) < 4.78 is 20.8. The summed E-state index contributed by atoms with van der Waals surface area (Å²) in [6.07, 6.45) is 5.73. The van der Waals surface area contributed by atoms with E-state index < -0.39 is 5.60 Å². The van der Waals surface area contributed by atoms with Crippen LogP contribution in [0, 0.1) is 11.7 Å². The summed E-state index contributed by atoms with van der Waals surface area (Å²) in [5, 5.41) is 5.55. The van der Waals surface area contributed by atoms with Crippen LogP contribution in [0.2, 0.25) is 0 Å². The highest BCUT2D eigenvalue weighted by Gasteiger charge is 2.33. The zero-order valence-corrected chi connectivity index (χ0v) is 23.5. The van der Waals surface area contributed by atoms with Crippen LogP contribution in [0.4, 0.5) is 15.0 Å². The second kappa shape index (κ2) is 10.5. The number of nitrogens with zero attached hydrogens (tertiary/aromatic N) is 3. The third kappa shape index (κ3) is 7.03. The van der Waals surface area contributed by atoms with E-state index in [4.69, 9.17) is 4.74 Å². The number of ether oxygens (including phenoxy) is 1. The average molecular weight is 508 g/mol. The smallest absolute Gasteiger partial charge is 0.410 e. The molecular weight excluding hydrogens is 465 g/mol.